The van der Waals surface area contributed by atoms with Crippen LogP contribution in [-0.4, -0.2) is 32.9 Å². The van der Waals surface area contributed by atoms with Gasteiger partial charge in [0.1, 0.15) is 0 Å². The summed E-state index contributed by atoms with van der Waals surface area (Å²) in [5.41, 5.74) is 0. The van der Waals surface area contributed by atoms with Gasteiger partial charge in [0.05, 0.1) is 6.07 Å². The molecular weight excluding hydrogens is 178 g/mol. The van der Waals surface area contributed by atoms with Gasteiger partial charge in [-0.15, -0.1) is 0 Å². The minimum atomic E-state index is -3.35. The van der Waals surface area contributed by atoms with Gasteiger partial charge >= 0.3 is 0 Å². The third-order valence-electron chi connectivity index (χ3n) is 1.42. The van der Waals surface area contributed by atoms with Crippen molar-refractivity contribution in [2.75, 3.05) is 20.1 Å². The standard InChI is InChI=1S/C6H13N3O2S/c1-3-9(6-4-5-7)12(10,11)8-2/h8H,3-4,6H2,1-2H3. The van der Waals surface area contributed by atoms with E-state index in [1.54, 1.807) is 6.92 Å². The molecule has 0 atom stereocenters. The third-order valence-corrected chi connectivity index (χ3v) is 3.06. The van der Waals surface area contributed by atoms with Crippen LogP contribution in [0.15, 0.2) is 0 Å². The first-order chi connectivity index (χ1) is 5.58. The zero-order valence-corrected chi connectivity index (χ0v) is 8.06. The van der Waals surface area contributed by atoms with Crippen LogP contribution < -0.4 is 4.72 Å². The van der Waals surface area contributed by atoms with Crippen LogP contribution in [-0.2, 0) is 10.2 Å². The lowest BCUT2D eigenvalue weighted by atomic mass is 10.5. The summed E-state index contributed by atoms with van der Waals surface area (Å²) in [4.78, 5) is 0. The zero-order valence-electron chi connectivity index (χ0n) is 7.24. The number of nitrogens with one attached hydrogen (secondary N) is 1. The molecule has 0 aliphatic carbocycles. The third kappa shape index (κ3) is 3.17. The molecule has 12 heavy (non-hydrogen) atoms. The zero-order chi connectivity index (χ0) is 9.61. The fourth-order valence-electron chi connectivity index (χ4n) is 0.752. The van der Waals surface area contributed by atoms with Crippen LogP contribution >= 0.6 is 0 Å². The molecule has 0 aliphatic rings. The van der Waals surface area contributed by atoms with E-state index in [4.69, 9.17) is 5.26 Å². The molecule has 0 bridgehead atoms. The van der Waals surface area contributed by atoms with Crippen molar-refractivity contribution in [2.45, 2.75) is 13.3 Å². The Bertz CT molecular complexity index is 254. The van der Waals surface area contributed by atoms with Crippen molar-refractivity contribution >= 4 is 10.2 Å². The molecule has 0 aromatic rings. The molecule has 0 amide bonds. The molecule has 0 spiro atoms. The molecule has 0 heterocycles. The van der Waals surface area contributed by atoms with Crippen LogP contribution in [0.25, 0.3) is 0 Å². The van der Waals surface area contributed by atoms with Crippen molar-refractivity contribution in [3.05, 3.63) is 0 Å². The van der Waals surface area contributed by atoms with Crippen LogP contribution in [0.4, 0.5) is 0 Å². The van der Waals surface area contributed by atoms with E-state index in [2.05, 4.69) is 4.72 Å². The largest absolute Gasteiger partial charge is 0.279 e. The highest BCUT2D eigenvalue weighted by Crippen LogP contribution is 1.97. The van der Waals surface area contributed by atoms with Crippen LogP contribution in [0.2, 0.25) is 0 Å². The van der Waals surface area contributed by atoms with E-state index in [0.29, 0.717) is 6.54 Å². The summed E-state index contributed by atoms with van der Waals surface area (Å²) >= 11 is 0. The molecule has 0 unspecified atom stereocenters. The second-order valence-corrected chi connectivity index (χ2v) is 3.98. The number of nitrogens with zero attached hydrogens (tertiary/aromatic N) is 2. The average molecular weight is 191 g/mol. The van der Waals surface area contributed by atoms with Crippen LogP contribution in [0.1, 0.15) is 13.3 Å². The van der Waals surface area contributed by atoms with Crippen molar-refractivity contribution in [2.24, 2.45) is 0 Å². The van der Waals surface area contributed by atoms with Crippen molar-refractivity contribution < 1.29 is 8.42 Å². The normalized spacial score (nSPS) is 11.5. The lowest BCUT2D eigenvalue weighted by molar-refractivity contribution is 0.429. The highest BCUT2D eigenvalue weighted by Gasteiger charge is 2.16. The van der Waals surface area contributed by atoms with Gasteiger partial charge in [0.15, 0.2) is 0 Å². The second-order valence-electron chi connectivity index (χ2n) is 2.11. The molecule has 0 saturated carbocycles. The molecule has 6 heteroatoms. The van der Waals surface area contributed by atoms with E-state index < -0.39 is 10.2 Å². The Kier molecular flexibility index (Phi) is 4.81. The summed E-state index contributed by atoms with van der Waals surface area (Å²) in [6.45, 7) is 2.35. The van der Waals surface area contributed by atoms with Gasteiger partial charge in [-0.05, 0) is 0 Å². The molecule has 0 fully saturated rings. The first-order valence-corrected chi connectivity index (χ1v) is 5.08. The summed E-state index contributed by atoms with van der Waals surface area (Å²) in [5, 5.41) is 8.26. The topological polar surface area (TPSA) is 73.2 Å². The Morgan fingerprint density at radius 3 is 2.50 bits per heavy atom. The summed E-state index contributed by atoms with van der Waals surface area (Å²) < 4.78 is 25.7. The highest BCUT2D eigenvalue weighted by molar-refractivity contribution is 7.87. The summed E-state index contributed by atoms with van der Waals surface area (Å²) in [5.74, 6) is 0. The van der Waals surface area contributed by atoms with E-state index >= 15 is 0 Å². The molecule has 0 radical (unpaired) electrons. The summed E-state index contributed by atoms with van der Waals surface area (Å²) in [6, 6.07) is 1.89. The molecule has 1 N–H and O–H groups in total. The SMILES string of the molecule is CCN(CCC#N)S(=O)(=O)NC. The second kappa shape index (κ2) is 5.09. The van der Waals surface area contributed by atoms with Gasteiger partial charge in [-0.2, -0.15) is 18.0 Å². The van der Waals surface area contributed by atoms with E-state index in [1.165, 1.54) is 11.4 Å². The molecule has 5 nitrogen and oxygen atoms in total. The maximum absolute atomic E-state index is 11.1. The maximum atomic E-state index is 11.1. The predicted molar refractivity (Wildman–Crippen MR) is 45.5 cm³/mol. The van der Waals surface area contributed by atoms with Crippen LogP contribution in [0.3, 0.4) is 0 Å². The Morgan fingerprint density at radius 1 is 1.58 bits per heavy atom. The number of hydrogen-bond acceptors (Lipinski definition) is 3. The van der Waals surface area contributed by atoms with E-state index in [-0.39, 0.29) is 13.0 Å². The smallest absolute Gasteiger partial charge is 0.205 e. The molecule has 0 rings (SSSR count). The first kappa shape index (κ1) is 11.4. The average Bonchev–Trinajstić information content (AvgIpc) is 2.05. The van der Waals surface area contributed by atoms with E-state index in [0.717, 1.165) is 0 Å². The molecule has 70 valence electrons. The lowest BCUT2D eigenvalue weighted by Crippen LogP contribution is -2.39. The van der Waals surface area contributed by atoms with Crippen molar-refractivity contribution in [1.82, 2.24) is 9.03 Å². The van der Waals surface area contributed by atoms with Crippen LogP contribution in [0, 0.1) is 11.3 Å². The number of rotatable bonds is 5. The molecule has 0 saturated heterocycles. The van der Waals surface area contributed by atoms with Gasteiger partial charge < -0.3 is 0 Å². The monoisotopic (exact) mass is 191 g/mol. The Labute approximate surface area is 73.2 Å². The summed E-state index contributed by atoms with van der Waals surface area (Å²) in [6.07, 6.45) is 0.217. The fourth-order valence-corrected chi connectivity index (χ4v) is 1.68. The molecule has 0 aromatic carbocycles. The minimum Gasteiger partial charge on any atom is -0.205 e. The number of nitriles is 1. The van der Waals surface area contributed by atoms with Crippen molar-refractivity contribution in [3.63, 3.8) is 0 Å². The summed E-state index contributed by atoms with van der Waals surface area (Å²) in [7, 11) is -2.00. The quantitative estimate of drug-likeness (QED) is 0.647. The van der Waals surface area contributed by atoms with Gasteiger partial charge in [-0.3, -0.25) is 0 Å². The van der Waals surface area contributed by atoms with Gasteiger partial charge in [0.2, 0.25) is 0 Å². The first-order valence-electron chi connectivity index (χ1n) is 3.64. The minimum absolute atomic E-state index is 0.217. The van der Waals surface area contributed by atoms with Gasteiger partial charge in [-0.25, -0.2) is 4.72 Å². The number of hydrogen-bond donors (Lipinski definition) is 1. The Hall–Kier alpha value is -0.640. The lowest BCUT2D eigenvalue weighted by Gasteiger charge is -2.17. The van der Waals surface area contributed by atoms with Crippen molar-refractivity contribution in [1.29, 1.82) is 5.26 Å². The molecule has 0 aromatic heterocycles. The van der Waals surface area contributed by atoms with Gasteiger partial charge in [0, 0.05) is 26.6 Å². The van der Waals surface area contributed by atoms with Gasteiger partial charge in [-0.1, -0.05) is 6.92 Å². The molecular formula is C6H13N3O2S. The van der Waals surface area contributed by atoms with E-state index in [1.807, 2.05) is 6.07 Å². The molecule has 0 aliphatic heterocycles. The maximum Gasteiger partial charge on any atom is 0.279 e. The predicted octanol–water partition coefficient (Wildman–Crippen LogP) is -0.314. The van der Waals surface area contributed by atoms with Crippen molar-refractivity contribution in [3.8, 4) is 6.07 Å². The highest BCUT2D eigenvalue weighted by atomic mass is 32.2. The Balaban J connectivity index is 4.27. The van der Waals surface area contributed by atoms with Crippen LogP contribution in [0.5, 0.6) is 0 Å². The van der Waals surface area contributed by atoms with Gasteiger partial charge in [0.25, 0.3) is 10.2 Å². The fraction of sp³-hybridized carbons (Fsp3) is 0.833. The Morgan fingerprint density at radius 2 is 2.17 bits per heavy atom. The van der Waals surface area contributed by atoms with E-state index in [9.17, 15) is 8.42 Å².